The molecule has 0 saturated heterocycles. The molecule has 0 atom stereocenters. The largest absolute Gasteiger partial charge is 0.465 e. The molecule has 0 aliphatic carbocycles. The zero-order chi connectivity index (χ0) is 18.7. The van der Waals surface area contributed by atoms with Gasteiger partial charge in [0.25, 0.3) is 0 Å². The van der Waals surface area contributed by atoms with Crippen LogP contribution in [0, 0.1) is 0 Å². The Kier molecular flexibility index (Phi) is 5.22. The lowest BCUT2D eigenvalue weighted by Crippen LogP contribution is -2.34. The van der Waals surface area contributed by atoms with E-state index in [4.69, 9.17) is 9.47 Å². The molecule has 1 aromatic carbocycles. The Morgan fingerprint density at radius 3 is 2.77 bits per heavy atom. The van der Waals surface area contributed by atoms with Gasteiger partial charge in [-0.2, -0.15) is 5.10 Å². The van der Waals surface area contributed by atoms with Crippen LogP contribution in [0.1, 0.15) is 32.7 Å². The predicted molar refractivity (Wildman–Crippen MR) is 92.0 cm³/mol. The van der Waals surface area contributed by atoms with Gasteiger partial charge in [-0.15, -0.1) is 0 Å². The molecule has 1 N–H and O–H groups in total. The molecule has 2 heterocycles. The van der Waals surface area contributed by atoms with Crippen molar-refractivity contribution < 1.29 is 24.2 Å². The van der Waals surface area contributed by atoms with Crippen LogP contribution in [0.2, 0.25) is 0 Å². The summed E-state index contributed by atoms with van der Waals surface area (Å²) >= 11 is 0. The van der Waals surface area contributed by atoms with E-state index >= 15 is 0 Å². The van der Waals surface area contributed by atoms with Crippen molar-refractivity contribution in [1.29, 1.82) is 0 Å². The lowest BCUT2D eigenvalue weighted by molar-refractivity contribution is 0.0595. The fourth-order valence-electron chi connectivity index (χ4n) is 3.13. The third-order valence-corrected chi connectivity index (χ3v) is 4.42. The minimum absolute atomic E-state index is 0.217. The Balaban J connectivity index is 1.82. The number of methoxy groups -OCH3 is 2. The molecular formula is C18H21N3O5. The second kappa shape index (κ2) is 7.57. The summed E-state index contributed by atoms with van der Waals surface area (Å²) in [5.41, 5.74) is 4.06. The van der Waals surface area contributed by atoms with Gasteiger partial charge in [0.15, 0.2) is 0 Å². The van der Waals surface area contributed by atoms with Crippen LogP contribution >= 0.6 is 0 Å². The van der Waals surface area contributed by atoms with Crippen LogP contribution in [0.4, 0.5) is 4.79 Å². The van der Waals surface area contributed by atoms with Gasteiger partial charge >= 0.3 is 12.1 Å². The second-order valence-corrected chi connectivity index (χ2v) is 6.17. The van der Waals surface area contributed by atoms with Gasteiger partial charge < -0.3 is 19.5 Å². The van der Waals surface area contributed by atoms with Crippen molar-refractivity contribution in [2.45, 2.75) is 26.1 Å². The number of benzene rings is 1. The highest BCUT2D eigenvalue weighted by Gasteiger charge is 2.21. The van der Waals surface area contributed by atoms with E-state index in [2.05, 4.69) is 5.10 Å². The minimum atomic E-state index is -0.903. The summed E-state index contributed by atoms with van der Waals surface area (Å²) in [7, 11) is 2.87. The Hall–Kier alpha value is -2.87. The number of rotatable bonds is 5. The minimum Gasteiger partial charge on any atom is -0.465 e. The van der Waals surface area contributed by atoms with Crippen LogP contribution < -0.4 is 0 Å². The van der Waals surface area contributed by atoms with Crippen molar-refractivity contribution in [3.8, 4) is 0 Å². The first kappa shape index (κ1) is 17.9. The summed E-state index contributed by atoms with van der Waals surface area (Å²) in [4.78, 5) is 24.5. The van der Waals surface area contributed by atoms with Crippen molar-refractivity contribution in [2.75, 3.05) is 20.8 Å². The maximum atomic E-state index is 11.9. The molecule has 138 valence electrons. The maximum absolute atomic E-state index is 11.9. The zero-order valence-electron chi connectivity index (χ0n) is 14.8. The van der Waals surface area contributed by atoms with Gasteiger partial charge in [-0.25, -0.2) is 9.59 Å². The normalized spacial score (nSPS) is 13.4. The summed E-state index contributed by atoms with van der Waals surface area (Å²) in [6.45, 7) is 1.59. The number of nitrogens with zero attached hydrogens (tertiary/aromatic N) is 3. The lowest BCUT2D eigenvalue weighted by atomic mass is 9.97. The Morgan fingerprint density at radius 1 is 1.27 bits per heavy atom. The van der Waals surface area contributed by atoms with E-state index < -0.39 is 12.1 Å². The smallest absolute Gasteiger partial charge is 0.407 e. The average Bonchev–Trinajstić information content (AvgIpc) is 3.03. The third kappa shape index (κ3) is 3.70. The molecule has 1 aromatic heterocycles. The second-order valence-electron chi connectivity index (χ2n) is 6.17. The first-order valence-electron chi connectivity index (χ1n) is 8.24. The quantitative estimate of drug-likeness (QED) is 0.820. The summed E-state index contributed by atoms with van der Waals surface area (Å²) in [6.07, 6.45) is 1.46. The van der Waals surface area contributed by atoms with Crippen LogP contribution in [0.3, 0.4) is 0 Å². The number of amides is 1. The number of aromatic nitrogens is 2. The first-order chi connectivity index (χ1) is 12.5. The SMILES string of the molecule is COCc1nn(Cc2ccc3c(c2)CN(C(=O)O)CC3)cc1C(=O)OC. The number of fused-ring (bicyclic) bond motifs is 1. The molecule has 26 heavy (non-hydrogen) atoms. The molecule has 1 amide bonds. The highest BCUT2D eigenvalue weighted by molar-refractivity contribution is 5.90. The summed E-state index contributed by atoms with van der Waals surface area (Å²) in [6, 6.07) is 6.04. The van der Waals surface area contributed by atoms with Gasteiger partial charge in [0.05, 0.1) is 20.3 Å². The van der Waals surface area contributed by atoms with E-state index in [-0.39, 0.29) is 6.61 Å². The van der Waals surface area contributed by atoms with Gasteiger partial charge in [-0.3, -0.25) is 4.68 Å². The summed E-state index contributed by atoms with van der Waals surface area (Å²) in [5, 5.41) is 13.6. The van der Waals surface area contributed by atoms with Crippen LogP contribution in [0.5, 0.6) is 0 Å². The summed E-state index contributed by atoms with van der Waals surface area (Å²) < 4.78 is 11.5. The number of carboxylic acid groups (broad SMARTS) is 1. The van der Waals surface area contributed by atoms with Crippen molar-refractivity contribution in [2.24, 2.45) is 0 Å². The summed E-state index contributed by atoms with van der Waals surface area (Å²) in [5.74, 6) is -0.453. The Labute approximate surface area is 150 Å². The molecule has 8 nitrogen and oxygen atoms in total. The highest BCUT2D eigenvalue weighted by atomic mass is 16.5. The first-order valence-corrected chi connectivity index (χ1v) is 8.24. The molecule has 0 spiro atoms. The number of esters is 1. The molecule has 0 bridgehead atoms. The van der Waals surface area contributed by atoms with Gasteiger partial charge in [-0.1, -0.05) is 18.2 Å². The number of carbonyl (C=O) groups is 2. The molecule has 1 aliphatic heterocycles. The van der Waals surface area contributed by atoms with Crippen LogP contribution in [0.25, 0.3) is 0 Å². The van der Waals surface area contributed by atoms with Gasteiger partial charge in [-0.05, 0) is 23.1 Å². The predicted octanol–water partition coefficient (Wildman–Crippen LogP) is 1.90. The zero-order valence-corrected chi connectivity index (χ0v) is 14.8. The molecule has 1 aliphatic rings. The number of hydrogen-bond acceptors (Lipinski definition) is 5. The monoisotopic (exact) mass is 359 g/mol. The number of hydrogen-bond donors (Lipinski definition) is 1. The standard InChI is InChI=1S/C18H21N3O5/c1-25-11-16-15(17(22)26-2)10-21(19-16)8-12-3-4-13-5-6-20(18(23)24)9-14(13)7-12/h3-4,7,10H,5-6,8-9,11H2,1-2H3,(H,23,24). The Morgan fingerprint density at radius 2 is 2.08 bits per heavy atom. The van der Waals surface area contributed by atoms with Crippen LogP contribution in [-0.2, 0) is 35.6 Å². The van der Waals surface area contributed by atoms with Crippen molar-refractivity contribution in [3.05, 3.63) is 52.3 Å². The highest BCUT2D eigenvalue weighted by Crippen LogP contribution is 2.21. The fraction of sp³-hybridized carbons (Fsp3) is 0.389. The van der Waals surface area contributed by atoms with Crippen LogP contribution in [-0.4, -0.2) is 52.6 Å². The van der Waals surface area contributed by atoms with E-state index in [1.54, 1.807) is 10.9 Å². The van der Waals surface area contributed by atoms with E-state index in [1.165, 1.54) is 24.7 Å². The van der Waals surface area contributed by atoms with Crippen molar-refractivity contribution in [1.82, 2.24) is 14.7 Å². The van der Waals surface area contributed by atoms with E-state index in [9.17, 15) is 14.7 Å². The van der Waals surface area contributed by atoms with E-state index in [0.717, 1.165) is 11.1 Å². The van der Waals surface area contributed by atoms with E-state index in [1.807, 2.05) is 18.2 Å². The fourth-order valence-corrected chi connectivity index (χ4v) is 3.13. The maximum Gasteiger partial charge on any atom is 0.407 e. The van der Waals surface area contributed by atoms with Crippen molar-refractivity contribution >= 4 is 12.1 Å². The topological polar surface area (TPSA) is 93.9 Å². The Bertz CT molecular complexity index is 830. The molecule has 3 rings (SSSR count). The average molecular weight is 359 g/mol. The molecule has 0 fully saturated rings. The molecule has 2 aromatic rings. The van der Waals surface area contributed by atoms with Crippen molar-refractivity contribution in [3.63, 3.8) is 0 Å². The molecule has 0 radical (unpaired) electrons. The van der Waals surface area contributed by atoms with Crippen LogP contribution in [0.15, 0.2) is 24.4 Å². The third-order valence-electron chi connectivity index (χ3n) is 4.42. The van der Waals surface area contributed by atoms with Gasteiger partial charge in [0, 0.05) is 26.4 Å². The lowest BCUT2D eigenvalue weighted by Gasteiger charge is -2.26. The molecule has 0 saturated carbocycles. The number of carbonyl (C=O) groups excluding carboxylic acids is 1. The van der Waals surface area contributed by atoms with Gasteiger partial charge in [0.2, 0.25) is 0 Å². The van der Waals surface area contributed by atoms with Gasteiger partial charge in [0.1, 0.15) is 11.3 Å². The molecule has 0 unspecified atom stereocenters. The molecule has 8 heteroatoms. The number of ether oxygens (including phenoxy) is 2. The molecular weight excluding hydrogens is 338 g/mol. The van der Waals surface area contributed by atoms with E-state index in [0.29, 0.717) is 37.3 Å².